The van der Waals surface area contributed by atoms with Crippen LogP contribution in [0.25, 0.3) is 16.9 Å². The Morgan fingerprint density at radius 2 is 1.97 bits per heavy atom. The van der Waals surface area contributed by atoms with Gasteiger partial charge in [-0.2, -0.15) is 5.10 Å². The SMILES string of the molecule is O=C(NC1CCCCNC1=O)c1cc(-c2ccc(F)cc2)nn1-c1cccc(Cl)c1. The molecule has 1 aliphatic heterocycles. The Labute approximate surface area is 178 Å². The summed E-state index contributed by atoms with van der Waals surface area (Å²) in [5.74, 6) is -0.961. The maximum absolute atomic E-state index is 13.3. The summed E-state index contributed by atoms with van der Waals surface area (Å²) in [4.78, 5) is 25.3. The molecule has 8 heteroatoms. The fraction of sp³-hybridized carbons (Fsp3) is 0.227. The molecule has 154 valence electrons. The molecule has 1 fully saturated rings. The van der Waals surface area contributed by atoms with Crippen LogP contribution in [-0.4, -0.2) is 34.2 Å². The van der Waals surface area contributed by atoms with Gasteiger partial charge in [-0.25, -0.2) is 9.07 Å². The minimum absolute atomic E-state index is 0.187. The molecule has 1 aliphatic rings. The number of rotatable bonds is 4. The summed E-state index contributed by atoms with van der Waals surface area (Å²) in [5.41, 5.74) is 2.03. The molecular formula is C22H20ClFN4O2. The first-order valence-electron chi connectivity index (χ1n) is 9.72. The molecule has 2 N–H and O–H groups in total. The van der Waals surface area contributed by atoms with Crippen molar-refractivity contribution in [3.8, 4) is 16.9 Å². The van der Waals surface area contributed by atoms with Crippen molar-refractivity contribution in [2.24, 2.45) is 0 Å². The van der Waals surface area contributed by atoms with E-state index in [2.05, 4.69) is 15.7 Å². The van der Waals surface area contributed by atoms with E-state index in [1.54, 1.807) is 42.5 Å². The van der Waals surface area contributed by atoms with E-state index in [1.807, 2.05) is 0 Å². The van der Waals surface area contributed by atoms with Crippen molar-refractivity contribution in [3.63, 3.8) is 0 Å². The highest BCUT2D eigenvalue weighted by atomic mass is 35.5. The second-order valence-corrected chi connectivity index (χ2v) is 7.56. The van der Waals surface area contributed by atoms with Crippen molar-refractivity contribution >= 4 is 23.4 Å². The molecule has 0 saturated carbocycles. The fourth-order valence-electron chi connectivity index (χ4n) is 3.42. The third-order valence-corrected chi connectivity index (χ3v) is 5.21. The quantitative estimate of drug-likeness (QED) is 0.667. The number of hydrogen-bond donors (Lipinski definition) is 2. The van der Waals surface area contributed by atoms with Crippen LogP contribution in [0.4, 0.5) is 4.39 Å². The van der Waals surface area contributed by atoms with Crippen LogP contribution in [0.3, 0.4) is 0 Å². The van der Waals surface area contributed by atoms with Crippen molar-refractivity contribution in [1.29, 1.82) is 0 Å². The van der Waals surface area contributed by atoms with Crippen molar-refractivity contribution in [1.82, 2.24) is 20.4 Å². The Morgan fingerprint density at radius 1 is 1.17 bits per heavy atom. The zero-order valence-electron chi connectivity index (χ0n) is 16.1. The van der Waals surface area contributed by atoms with Crippen LogP contribution in [0.2, 0.25) is 5.02 Å². The summed E-state index contributed by atoms with van der Waals surface area (Å²) >= 11 is 6.12. The van der Waals surface area contributed by atoms with Crippen LogP contribution in [0.15, 0.2) is 54.6 Å². The zero-order valence-corrected chi connectivity index (χ0v) is 16.8. The molecule has 1 saturated heterocycles. The molecule has 2 amide bonds. The number of aromatic nitrogens is 2. The summed E-state index contributed by atoms with van der Waals surface area (Å²) in [5, 5.41) is 10.7. The maximum Gasteiger partial charge on any atom is 0.270 e. The average Bonchev–Trinajstić information content (AvgIpc) is 3.09. The normalized spacial score (nSPS) is 16.6. The van der Waals surface area contributed by atoms with Gasteiger partial charge in [0.05, 0.1) is 11.4 Å². The molecule has 0 radical (unpaired) electrons. The van der Waals surface area contributed by atoms with Crippen LogP contribution in [-0.2, 0) is 4.79 Å². The summed E-state index contributed by atoms with van der Waals surface area (Å²) in [6, 6.07) is 13.9. The van der Waals surface area contributed by atoms with Gasteiger partial charge >= 0.3 is 0 Å². The molecular weight excluding hydrogens is 407 g/mol. The van der Waals surface area contributed by atoms with Gasteiger partial charge < -0.3 is 10.6 Å². The van der Waals surface area contributed by atoms with Gasteiger partial charge in [0.15, 0.2) is 0 Å². The summed E-state index contributed by atoms with van der Waals surface area (Å²) in [6.45, 7) is 0.611. The zero-order chi connectivity index (χ0) is 21.1. The molecule has 2 heterocycles. The summed E-state index contributed by atoms with van der Waals surface area (Å²) in [6.07, 6.45) is 2.30. The molecule has 1 unspecified atom stereocenters. The van der Waals surface area contributed by atoms with E-state index in [0.29, 0.717) is 34.9 Å². The first-order chi connectivity index (χ1) is 14.5. The summed E-state index contributed by atoms with van der Waals surface area (Å²) in [7, 11) is 0. The van der Waals surface area contributed by atoms with Gasteiger partial charge in [-0.05, 0) is 67.8 Å². The Kier molecular flexibility index (Phi) is 5.81. The maximum atomic E-state index is 13.3. The highest BCUT2D eigenvalue weighted by Crippen LogP contribution is 2.24. The van der Waals surface area contributed by atoms with Crippen LogP contribution < -0.4 is 10.6 Å². The summed E-state index contributed by atoms with van der Waals surface area (Å²) < 4.78 is 14.8. The Morgan fingerprint density at radius 3 is 2.73 bits per heavy atom. The number of hydrogen-bond acceptors (Lipinski definition) is 3. The highest BCUT2D eigenvalue weighted by Gasteiger charge is 2.25. The molecule has 0 spiro atoms. The van der Waals surface area contributed by atoms with E-state index >= 15 is 0 Å². The predicted molar refractivity (Wildman–Crippen MR) is 112 cm³/mol. The third-order valence-electron chi connectivity index (χ3n) is 4.98. The van der Waals surface area contributed by atoms with Gasteiger partial charge in [0.1, 0.15) is 17.6 Å². The molecule has 6 nitrogen and oxygen atoms in total. The number of carbonyl (C=O) groups is 2. The van der Waals surface area contributed by atoms with Crippen LogP contribution in [0, 0.1) is 5.82 Å². The lowest BCUT2D eigenvalue weighted by Gasteiger charge is -2.15. The van der Waals surface area contributed by atoms with E-state index in [0.717, 1.165) is 12.8 Å². The topological polar surface area (TPSA) is 76.0 Å². The minimum atomic E-state index is -0.600. The molecule has 1 atom stereocenters. The number of benzene rings is 2. The van der Waals surface area contributed by atoms with E-state index < -0.39 is 11.9 Å². The van der Waals surface area contributed by atoms with Gasteiger partial charge in [0.2, 0.25) is 5.91 Å². The van der Waals surface area contributed by atoms with E-state index in [1.165, 1.54) is 16.8 Å². The molecule has 0 bridgehead atoms. The number of nitrogens with one attached hydrogen (secondary N) is 2. The lowest BCUT2D eigenvalue weighted by atomic mass is 10.1. The van der Waals surface area contributed by atoms with E-state index in [-0.39, 0.29) is 17.4 Å². The predicted octanol–water partition coefficient (Wildman–Crippen LogP) is 3.73. The Hall–Kier alpha value is -3.19. The van der Waals surface area contributed by atoms with E-state index in [9.17, 15) is 14.0 Å². The van der Waals surface area contributed by atoms with Crippen molar-refractivity contribution in [2.75, 3.05) is 6.54 Å². The van der Waals surface area contributed by atoms with Crippen molar-refractivity contribution in [3.05, 3.63) is 71.1 Å². The average molecular weight is 427 g/mol. The Balaban J connectivity index is 1.72. The Bertz CT molecular complexity index is 1080. The monoisotopic (exact) mass is 426 g/mol. The highest BCUT2D eigenvalue weighted by molar-refractivity contribution is 6.30. The van der Waals surface area contributed by atoms with Crippen LogP contribution in [0.5, 0.6) is 0 Å². The van der Waals surface area contributed by atoms with Gasteiger partial charge in [-0.1, -0.05) is 17.7 Å². The first kappa shape index (κ1) is 20.1. The fourth-order valence-corrected chi connectivity index (χ4v) is 3.60. The van der Waals surface area contributed by atoms with E-state index in [4.69, 9.17) is 11.6 Å². The molecule has 4 rings (SSSR count). The van der Waals surface area contributed by atoms with Crippen LogP contribution >= 0.6 is 11.6 Å². The molecule has 0 aliphatic carbocycles. The third kappa shape index (κ3) is 4.36. The lowest BCUT2D eigenvalue weighted by Crippen LogP contribution is -2.45. The van der Waals surface area contributed by atoms with Crippen LogP contribution in [0.1, 0.15) is 29.8 Å². The second kappa shape index (κ2) is 8.67. The largest absolute Gasteiger partial charge is 0.354 e. The van der Waals surface area contributed by atoms with Crippen molar-refractivity contribution < 1.29 is 14.0 Å². The minimum Gasteiger partial charge on any atom is -0.354 e. The number of nitrogens with zero attached hydrogens (tertiary/aromatic N) is 2. The van der Waals surface area contributed by atoms with Crippen molar-refractivity contribution in [2.45, 2.75) is 25.3 Å². The number of amides is 2. The van der Waals surface area contributed by atoms with Gasteiger partial charge in [0.25, 0.3) is 5.91 Å². The molecule has 2 aromatic carbocycles. The standard InChI is InChI=1S/C22H20ClFN4O2/c23-15-4-3-5-17(12-15)28-20(13-19(27-28)14-7-9-16(24)10-8-14)22(30)26-18-6-1-2-11-25-21(18)29/h3-5,7-10,12-13,18H,1-2,6,11H2,(H,25,29)(H,26,30). The molecule has 30 heavy (non-hydrogen) atoms. The lowest BCUT2D eigenvalue weighted by molar-refractivity contribution is -0.122. The first-order valence-corrected chi connectivity index (χ1v) is 10.1. The number of carbonyl (C=O) groups excluding carboxylic acids is 2. The van der Waals surface area contributed by atoms with Gasteiger partial charge in [-0.3, -0.25) is 9.59 Å². The smallest absolute Gasteiger partial charge is 0.270 e. The molecule has 3 aromatic rings. The number of halogens is 2. The van der Waals surface area contributed by atoms with Gasteiger partial charge in [0, 0.05) is 17.1 Å². The van der Waals surface area contributed by atoms with Gasteiger partial charge in [-0.15, -0.1) is 0 Å². The molecule has 1 aromatic heterocycles. The second-order valence-electron chi connectivity index (χ2n) is 7.13.